The van der Waals surface area contributed by atoms with E-state index in [1.165, 1.54) is 13.0 Å². The summed E-state index contributed by atoms with van der Waals surface area (Å²) in [5.74, 6) is -1.15. The molecular weight excluding hydrogens is 302 g/mol. The summed E-state index contributed by atoms with van der Waals surface area (Å²) in [6, 6.07) is 16.1. The van der Waals surface area contributed by atoms with Crippen molar-refractivity contribution in [2.45, 2.75) is 6.92 Å². The van der Waals surface area contributed by atoms with Crippen LogP contribution in [0.5, 0.6) is 0 Å². The number of carboxylic acid groups (broad SMARTS) is 1. The summed E-state index contributed by atoms with van der Waals surface area (Å²) >= 11 is 0. The number of nitrogens with zero attached hydrogens (tertiary/aromatic N) is 1. The van der Waals surface area contributed by atoms with Crippen LogP contribution in [0.4, 0.5) is 0 Å². The molecule has 0 amide bonds. The SMILES string of the molecule is CC(=O)c1ccc2nc(/C=C/c3ccccc3)cc(C(=O)O)c2c1. The molecule has 0 atom stereocenters. The summed E-state index contributed by atoms with van der Waals surface area (Å²) in [6.07, 6.45) is 3.66. The first-order valence-electron chi connectivity index (χ1n) is 7.47. The highest BCUT2D eigenvalue weighted by atomic mass is 16.4. The number of benzene rings is 2. The fourth-order valence-electron chi connectivity index (χ4n) is 2.47. The minimum Gasteiger partial charge on any atom is -0.478 e. The van der Waals surface area contributed by atoms with E-state index in [1.807, 2.05) is 36.4 Å². The number of hydrogen-bond acceptors (Lipinski definition) is 3. The van der Waals surface area contributed by atoms with Crippen molar-refractivity contribution in [2.24, 2.45) is 0 Å². The van der Waals surface area contributed by atoms with Gasteiger partial charge < -0.3 is 5.11 Å². The predicted molar refractivity (Wildman–Crippen MR) is 94.1 cm³/mol. The van der Waals surface area contributed by atoms with E-state index in [0.717, 1.165) is 5.56 Å². The van der Waals surface area contributed by atoms with Crippen LogP contribution < -0.4 is 0 Å². The van der Waals surface area contributed by atoms with Gasteiger partial charge in [-0.2, -0.15) is 0 Å². The number of pyridine rings is 1. The van der Waals surface area contributed by atoms with Crippen LogP contribution in [0.25, 0.3) is 23.1 Å². The van der Waals surface area contributed by atoms with Crippen LogP contribution in [0.2, 0.25) is 0 Å². The van der Waals surface area contributed by atoms with Crippen molar-refractivity contribution < 1.29 is 14.7 Å². The summed E-state index contributed by atoms with van der Waals surface area (Å²) < 4.78 is 0. The Morgan fingerprint density at radius 3 is 2.42 bits per heavy atom. The first kappa shape index (κ1) is 15.6. The van der Waals surface area contributed by atoms with Gasteiger partial charge in [0.2, 0.25) is 0 Å². The second kappa shape index (κ2) is 6.46. The van der Waals surface area contributed by atoms with Crippen LogP contribution in [0.15, 0.2) is 54.6 Å². The standard InChI is InChI=1S/C20H15NO3/c1-13(22)15-8-10-19-17(11-15)18(20(23)24)12-16(21-19)9-7-14-5-3-2-4-6-14/h2-12H,1H3,(H,23,24)/b9-7+. The average Bonchev–Trinajstić information content (AvgIpc) is 2.59. The molecule has 1 aromatic heterocycles. The molecular formula is C20H15NO3. The van der Waals surface area contributed by atoms with Crippen molar-refractivity contribution in [3.63, 3.8) is 0 Å². The first-order chi connectivity index (χ1) is 11.5. The van der Waals surface area contributed by atoms with Crippen LogP contribution in [-0.2, 0) is 0 Å². The zero-order valence-corrected chi connectivity index (χ0v) is 13.1. The highest BCUT2D eigenvalue weighted by molar-refractivity contribution is 6.06. The van der Waals surface area contributed by atoms with Crippen LogP contribution in [0.1, 0.15) is 38.9 Å². The third kappa shape index (κ3) is 3.22. The molecule has 0 saturated carbocycles. The van der Waals surface area contributed by atoms with E-state index >= 15 is 0 Å². The molecule has 0 aliphatic heterocycles. The third-order valence-corrected chi connectivity index (χ3v) is 3.71. The zero-order valence-electron chi connectivity index (χ0n) is 13.1. The van der Waals surface area contributed by atoms with E-state index in [1.54, 1.807) is 24.3 Å². The first-order valence-corrected chi connectivity index (χ1v) is 7.47. The van der Waals surface area contributed by atoms with Crippen molar-refractivity contribution >= 4 is 34.8 Å². The van der Waals surface area contributed by atoms with Crippen molar-refractivity contribution in [2.75, 3.05) is 0 Å². The monoisotopic (exact) mass is 317 g/mol. The topological polar surface area (TPSA) is 67.3 Å². The summed E-state index contributed by atoms with van der Waals surface area (Å²) in [7, 11) is 0. The molecule has 0 spiro atoms. The Bertz CT molecular complexity index is 959. The number of rotatable bonds is 4. The number of hydrogen-bond donors (Lipinski definition) is 1. The molecule has 4 nitrogen and oxygen atoms in total. The number of Topliss-reactive ketones (excluding diaryl/α,β-unsaturated/α-hetero) is 1. The molecule has 0 unspecified atom stereocenters. The Hall–Kier alpha value is -3.27. The minimum atomic E-state index is -1.04. The molecule has 1 heterocycles. The molecule has 0 bridgehead atoms. The maximum Gasteiger partial charge on any atom is 0.336 e. The van der Waals surface area contributed by atoms with E-state index in [-0.39, 0.29) is 11.3 Å². The van der Waals surface area contributed by atoms with Gasteiger partial charge in [0.25, 0.3) is 0 Å². The number of aromatic carboxylic acids is 1. The van der Waals surface area contributed by atoms with Gasteiger partial charge in [0.1, 0.15) is 0 Å². The lowest BCUT2D eigenvalue weighted by Gasteiger charge is -2.06. The quantitative estimate of drug-likeness (QED) is 0.728. The highest BCUT2D eigenvalue weighted by Crippen LogP contribution is 2.22. The summed E-state index contributed by atoms with van der Waals surface area (Å²) in [5, 5.41) is 9.95. The average molecular weight is 317 g/mol. The Labute approximate surface area is 139 Å². The summed E-state index contributed by atoms with van der Waals surface area (Å²) in [6.45, 7) is 1.45. The maximum absolute atomic E-state index is 11.6. The van der Waals surface area contributed by atoms with Gasteiger partial charge in [-0.1, -0.05) is 36.4 Å². The molecule has 3 rings (SSSR count). The van der Waals surface area contributed by atoms with Gasteiger partial charge in [-0.25, -0.2) is 9.78 Å². The van der Waals surface area contributed by atoms with E-state index in [0.29, 0.717) is 22.2 Å². The number of aromatic nitrogens is 1. The molecule has 0 aliphatic carbocycles. The summed E-state index contributed by atoms with van der Waals surface area (Å²) in [5.41, 5.74) is 2.71. The zero-order chi connectivity index (χ0) is 17.1. The van der Waals surface area contributed by atoms with E-state index in [9.17, 15) is 14.7 Å². The Balaban J connectivity index is 2.11. The molecule has 118 valence electrons. The fraction of sp³-hybridized carbons (Fsp3) is 0.0500. The number of carbonyl (C=O) groups excluding carboxylic acids is 1. The lowest BCUT2D eigenvalue weighted by atomic mass is 10.0. The van der Waals surface area contributed by atoms with Crippen molar-refractivity contribution in [1.82, 2.24) is 4.98 Å². The third-order valence-electron chi connectivity index (χ3n) is 3.71. The van der Waals surface area contributed by atoms with Crippen LogP contribution >= 0.6 is 0 Å². The highest BCUT2D eigenvalue weighted by Gasteiger charge is 2.12. The van der Waals surface area contributed by atoms with Crippen LogP contribution in [0.3, 0.4) is 0 Å². The van der Waals surface area contributed by atoms with Crippen LogP contribution in [0, 0.1) is 0 Å². The Morgan fingerprint density at radius 2 is 1.75 bits per heavy atom. The Morgan fingerprint density at radius 1 is 1.00 bits per heavy atom. The van der Waals surface area contributed by atoms with Crippen LogP contribution in [-0.4, -0.2) is 21.8 Å². The molecule has 4 heteroatoms. The molecule has 2 aromatic carbocycles. The molecule has 0 saturated heterocycles. The molecule has 3 aromatic rings. The Kier molecular flexibility index (Phi) is 4.20. The molecule has 0 fully saturated rings. The van der Waals surface area contributed by atoms with Gasteiger partial charge in [0, 0.05) is 10.9 Å². The second-order valence-electron chi connectivity index (χ2n) is 5.43. The fourth-order valence-corrected chi connectivity index (χ4v) is 2.47. The molecule has 1 N–H and O–H groups in total. The number of carboxylic acids is 1. The van der Waals surface area contributed by atoms with Gasteiger partial charge in [-0.05, 0) is 42.8 Å². The van der Waals surface area contributed by atoms with Crippen molar-refractivity contribution in [3.05, 3.63) is 77.0 Å². The van der Waals surface area contributed by atoms with Gasteiger partial charge in [-0.15, -0.1) is 0 Å². The number of carbonyl (C=O) groups is 2. The van der Waals surface area contributed by atoms with E-state index in [2.05, 4.69) is 4.98 Å². The van der Waals surface area contributed by atoms with Crippen molar-refractivity contribution in [1.29, 1.82) is 0 Å². The largest absolute Gasteiger partial charge is 0.478 e. The predicted octanol–water partition coefficient (Wildman–Crippen LogP) is 4.31. The smallest absolute Gasteiger partial charge is 0.336 e. The van der Waals surface area contributed by atoms with Crippen molar-refractivity contribution in [3.8, 4) is 0 Å². The van der Waals surface area contributed by atoms with Gasteiger partial charge in [0.15, 0.2) is 5.78 Å². The number of fused-ring (bicyclic) bond motifs is 1. The molecule has 0 aliphatic rings. The lowest BCUT2D eigenvalue weighted by molar-refractivity contribution is 0.0698. The van der Waals surface area contributed by atoms with Gasteiger partial charge >= 0.3 is 5.97 Å². The van der Waals surface area contributed by atoms with E-state index in [4.69, 9.17) is 0 Å². The second-order valence-corrected chi connectivity index (χ2v) is 5.43. The van der Waals surface area contributed by atoms with Gasteiger partial charge in [0.05, 0.1) is 16.8 Å². The normalized spacial score (nSPS) is 11.0. The maximum atomic E-state index is 11.6. The molecule has 0 radical (unpaired) electrons. The minimum absolute atomic E-state index is 0.110. The summed E-state index contributed by atoms with van der Waals surface area (Å²) in [4.78, 5) is 27.6. The molecule has 24 heavy (non-hydrogen) atoms. The lowest BCUT2D eigenvalue weighted by Crippen LogP contribution is -2.02. The van der Waals surface area contributed by atoms with Gasteiger partial charge in [-0.3, -0.25) is 4.79 Å². The van der Waals surface area contributed by atoms with E-state index < -0.39 is 5.97 Å². The number of ketones is 1.